The number of rotatable bonds is 5. The van der Waals surface area contributed by atoms with Gasteiger partial charge in [-0.25, -0.2) is 12.8 Å². The van der Waals surface area contributed by atoms with Gasteiger partial charge in [0.1, 0.15) is 5.82 Å². The normalized spacial score (nSPS) is 16.2. The molecule has 8 heteroatoms. The summed E-state index contributed by atoms with van der Waals surface area (Å²) in [6, 6.07) is 20.3. The van der Waals surface area contributed by atoms with E-state index in [-0.39, 0.29) is 23.2 Å². The van der Waals surface area contributed by atoms with Gasteiger partial charge in [0.25, 0.3) is 0 Å². The summed E-state index contributed by atoms with van der Waals surface area (Å²) in [5.41, 5.74) is 0.962. The Hall–Kier alpha value is -3.07. The summed E-state index contributed by atoms with van der Waals surface area (Å²) in [6.45, 7) is 5.56. The Morgan fingerprint density at radius 2 is 1.73 bits per heavy atom. The monoisotopic (exact) mass is 536 g/mol. The zero-order chi connectivity index (χ0) is 26.4. The van der Waals surface area contributed by atoms with E-state index in [1.54, 1.807) is 67.3 Å². The lowest BCUT2D eigenvalue weighted by Crippen LogP contribution is -2.52. The topological polar surface area (TPSA) is 57.7 Å². The lowest BCUT2D eigenvalue weighted by molar-refractivity contribution is -0.134. The summed E-state index contributed by atoms with van der Waals surface area (Å²) in [6.07, 6.45) is 0.696. The van der Waals surface area contributed by atoms with Crippen molar-refractivity contribution in [2.75, 3.05) is 13.1 Å². The smallest absolute Gasteiger partial charge is 0.244 e. The second-order valence-corrected chi connectivity index (χ2v) is 13.1. The minimum atomic E-state index is -4.02. The Labute approximate surface area is 221 Å². The van der Waals surface area contributed by atoms with Gasteiger partial charge in [-0.2, -0.15) is 4.31 Å². The van der Waals surface area contributed by atoms with Gasteiger partial charge in [0, 0.05) is 22.3 Å². The molecule has 0 bridgehead atoms. The highest BCUT2D eigenvalue weighted by atomic mass is 32.2. The predicted octanol–water partition coefficient (Wildman–Crippen LogP) is 6.00. The Morgan fingerprint density at radius 1 is 1.03 bits per heavy atom. The summed E-state index contributed by atoms with van der Waals surface area (Å²) < 4.78 is 43.1. The molecule has 2 heterocycles. The van der Waals surface area contributed by atoms with Crippen molar-refractivity contribution in [3.63, 3.8) is 0 Å². The Bertz CT molecular complexity index is 1550. The first-order valence-corrected chi connectivity index (χ1v) is 14.5. The highest BCUT2D eigenvalue weighted by Crippen LogP contribution is 2.38. The predicted molar refractivity (Wildman–Crippen MR) is 146 cm³/mol. The maximum atomic E-state index is 14.1. The third-order valence-electron chi connectivity index (χ3n) is 6.82. The molecule has 1 aliphatic rings. The second-order valence-electron chi connectivity index (χ2n) is 10.3. The molecule has 0 N–H and O–H groups in total. The van der Waals surface area contributed by atoms with Crippen molar-refractivity contribution in [2.45, 2.75) is 43.7 Å². The first-order chi connectivity index (χ1) is 17.6. The highest BCUT2D eigenvalue weighted by molar-refractivity contribution is 7.89. The molecule has 37 heavy (non-hydrogen) atoms. The molecule has 0 spiro atoms. The molecule has 1 aromatic heterocycles. The minimum absolute atomic E-state index is 0.183. The zero-order valence-electron chi connectivity index (χ0n) is 21.0. The molecule has 1 aliphatic heterocycles. The van der Waals surface area contributed by atoms with E-state index in [2.05, 4.69) is 0 Å². The van der Waals surface area contributed by atoms with Crippen LogP contribution in [-0.4, -0.2) is 42.2 Å². The Balaban J connectivity index is 1.53. The van der Waals surface area contributed by atoms with Crippen molar-refractivity contribution >= 4 is 38.0 Å². The van der Waals surface area contributed by atoms with Gasteiger partial charge in [-0.1, -0.05) is 48.5 Å². The standard InChI is InChI=1S/C29H29FN2O3S2/c1-29(2,3)32(37(34,35)26-10-6-8-20-7-4-5-9-23(20)26)19-27(33)31-17-15-25-24(16-18-36-25)28(31)21-11-13-22(30)14-12-21/h4-14,16,18,28H,15,17,19H2,1-3H3. The third-order valence-corrected chi connectivity index (χ3v) is 9.98. The van der Waals surface area contributed by atoms with E-state index in [0.717, 1.165) is 16.5 Å². The van der Waals surface area contributed by atoms with E-state index < -0.39 is 21.6 Å². The number of halogens is 1. The molecule has 0 saturated heterocycles. The molecule has 0 radical (unpaired) electrons. The first-order valence-electron chi connectivity index (χ1n) is 12.2. The zero-order valence-corrected chi connectivity index (χ0v) is 22.7. The number of sulfonamides is 1. The van der Waals surface area contributed by atoms with Crippen LogP contribution in [0.15, 0.2) is 83.1 Å². The van der Waals surface area contributed by atoms with Crippen LogP contribution >= 0.6 is 11.3 Å². The number of amides is 1. The SMILES string of the molecule is CC(C)(C)N(CC(=O)N1CCc2sccc2C1c1ccc(F)cc1)S(=O)(=O)c1cccc2ccccc12. The second kappa shape index (κ2) is 9.67. The van der Waals surface area contributed by atoms with Crippen molar-refractivity contribution in [2.24, 2.45) is 0 Å². The molecule has 0 saturated carbocycles. The summed E-state index contributed by atoms with van der Waals surface area (Å²) >= 11 is 1.64. The summed E-state index contributed by atoms with van der Waals surface area (Å²) in [5.74, 6) is -0.632. The average Bonchev–Trinajstić information content (AvgIpc) is 3.35. The molecule has 5 rings (SSSR count). The van der Waals surface area contributed by atoms with E-state index >= 15 is 0 Å². The van der Waals surface area contributed by atoms with E-state index in [1.807, 2.05) is 35.7 Å². The number of hydrogen-bond acceptors (Lipinski definition) is 4. The van der Waals surface area contributed by atoms with Crippen LogP contribution in [0, 0.1) is 5.82 Å². The fraction of sp³-hybridized carbons (Fsp3) is 0.276. The van der Waals surface area contributed by atoms with Gasteiger partial charge in [-0.3, -0.25) is 4.79 Å². The van der Waals surface area contributed by atoms with Gasteiger partial charge in [0.2, 0.25) is 15.9 Å². The van der Waals surface area contributed by atoms with Crippen molar-refractivity contribution in [3.8, 4) is 0 Å². The number of thiophene rings is 1. The Morgan fingerprint density at radius 3 is 2.46 bits per heavy atom. The highest BCUT2D eigenvalue weighted by Gasteiger charge is 2.40. The molecular formula is C29H29FN2O3S2. The van der Waals surface area contributed by atoms with Crippen molar-refractivity contribution in [3.05, 3.63) is 100.0 Å². The molecule has 3 aromatic carbocycles. The largest absolute Gasteiger partial charge is 0.330 e. The van der Waals surface area contributed by atoms with Crippen molar-refractivity contribution in [1.82, 2.24) is 9.21 Å². The van der Waals surface area contributed by atoms with Gasteiger partial charge >= 0.3 is 0 Å². The minimum Gasteiger partial charge on any atom is -0.330 e. The molecule has 4 aromatic rings. The van der Waals surface area contributed by atoms with E-state index in [9.17, 15) is 17.6 Å². The molecule has 192 valence electrons. The number of fused-ring (bicyclic) bond motifs is 2. The molecule has 0 fully saturated rings. The van der Waals surface area contributed by atoms with Gasteiger partial charge in [0.15, 0.2) is 0 Å². The first kappa shape index (κ1) is 25.6. The molecule has 0 aliphatic carbocycles. The van der Waals surface area contributed by atoms with Crippen LogP contribution in [0.4, 0.5) is 4.39 Å². The number of carbonyl (C=O) groups excluding carboxylic acids is 1. The van der Waals surface area contributed by atoms with Crippen LogP contribution in [0.3, 0.4) is 0 Å². The van der Waals surface area contributed by atoms with E-state index in [1.165, 1.54) is 21.3 Å². The van der Waals surface area contributed by atoms with Crippen LogP contribution in [0.2, 0.25) is 0 Å². The number of hydrogen-bond donors (Lipinski definition) is 0. The summed E-state index contributed by atoms with van der Waals surface area (Å²) in [5, 5.41) is 3.44. The number of carbonyl (C=O) groups is 1. The fourth-order valence-electron chi connectivity index (χ4n) is 5.03. The third kappa shape index (κ3) is 4.81. The molecule has 1 atom stereocenters. The lowest BCUT2D eigenvalue weighted by Gasteiger charge is -2.40. The Kier molecular flexibility index (Phi) is 6.68. The maximum Gasteiger partial charge on any atom is 0.244 e. The molecule has 1 unspecified atom stereocenters. The van der Waals surface area contributed by atoms with E-state index in [0.29, 0.717) is 18.4 Å². The van der Waals surface area contributed by atoms with Crippen molar-refractivity contribution < 1.29 is 17.6 Å². The molecule has 5 nitrogen and oxygen atoms in total. The van der Waals surface area contributed by atoms with E-state index in [4.69, 9.17) is 0 Å². The van der Waals surface area contributed by atoms with Gasteiger partial charge in [-0.05, 0) is 73.4 Å². The maximum absolute atomic E-state index is 14.1. The van der Waals surface area contributed by atoms with Gasteiger partial charge in [0.05, 0.1) is 17.5 Å². The van der Waals surface area contributed by atoms with Crippen LogP contribution in [0.25, 0.3) is 10.8 Å². The van der Waals surface area contributed by atoms with Gasteiger partial charge in [-0.15, -0.1) is 11.3 Å². The number of benzene rings is 3. The fourth-order valence-corrected chi connectivity index (χ4v) is 7.88. The van der Waals surface area contributed by atoms with Crippen LogP contribution in [0.5, 0.6) is 0 Å². The van der Waals surface area contributed by atoms with Crippen LogP contribution in [0.1, 0.15) is 42.8 Å². The summed E-state index contributed by atoms with van der Waals surface area (Å²) in [4.78, 5) is 17.0. The van der Waals surface area contributed by atoms with Crippen LogP contribution in [-0.2, 0) is 21.2 Å². The molecular weight excluding hydrogens is 507 g/mol. The van der Waals surface area contributed by atoms with Crippen LogP contribution < -0.4 is 0 Å². The summed E-state index contributed by atoms with van der Waals surface area (Å²) in [7, 11) is -4.02. The quantitative estimate of drug-likeness (QED) is 0.314. The van der Waals surface area contributed by atoms with Gasteiger partial charge < -0.3 is 4.90 Å². The molecule has 1 amide bonds. The average molecular weight is 537 g/mol. The lowest BCUT2D eigenvalue weighted by atomic mass is 9.93. The number of nitrogens with zero attached hydrogens (tertiary/aromatic N) is 2. The van der Waals surface area contributed by atoms with Crippen molar-refractivity contribution in [1.29, 1.82) is 0 Å².